The summed E-state index contributed by atoms with van der Waals surface area (Å²) in [6.07, 6.45) is -4.61. The molecule has 0 spiro atoms. The number of hydrogen-bond donors (Lipinski definition) is 0. The predicted octanol–water partition coefficient (Wildman–Crippen LogP) is 3.53. The van der Waals surface area contributed by atoms with Gasteiger partial charge in [-0.2, -0.15) is 13.2 Å². The Morgan fingerprint density at radius 1 is 1.05 bits per heavy atom. The van der Waals surface area contributed by atoms with Crippen LogP contribution in [0.25, 0.3) is 0 Å². The van der Waals surface area contributed by atoms with Crippen molar-refractivity contribution < 1.29 is 41.8 Å². The number of benzene rings is 2. The van der Waals surface area contributed by atoms with Gasteiger partial charge in [-0.15, -0.1) is 0 Å². The molecule has 0 radical (unpaired) electrons. The quantitative estimate of drug-likeness (QED) is 0.417. The molecule has 2 aromatic carbocycles. The van der Waals surface area contributed by atoms with Crippen LogP contribution in [0.2, 0.25) is 0 Å². The zero-order valence-corrected chi connectivity index (χ0v) is 20.8. The van der Waals surface area contributed by atoms with Crippen LogP contribution >= 0.6 is 0 Å². The Morgan fingerprint density at radius 3 is 2.32 bits per heavy atom. The van der Waals surface area contributed by atoms with Crippen molar-refractivity contribution in [1.82, 2.24) is 4.90 Å². The summed E-state index contributed by atoms with van der Waals surface area (Å²) in [5.74, 6) is -3.26. The van der Waals surface area contributed by atoms with Gasteiger partial charge in [-0.25, -0.2) is 4.79 Å². The summed E-state index contributed by atoms with van der Waals surface area (Å²) in [6.45, 7) is 2.79. The highest BCUT2D eigenvalue weighted by atomic mass is 19.4. The van der Waals surface area contributed by atoms with Crippen molar-refractivity contribution in [1.29, 1.82) is 0 Å². The molecule has 12 heteroatoms. The lowest BCUT2D eigenvalue weighted by Crippen LogP contribution is -2.58. The summed E-state index contributed by atoms with van der Waals surface area (Å²) in [5.41, 5.74) is 0.0454. The van der Waals surface area contributed by atoms with Gasteiger partial charge in [0, 0.05) is 17.9 Å². The fourth-order valence-electron chi connectivity index (χ4n) is 4.48. The van der Waals surface area contributed by atoms with Crippen molar-refractivity contribution in [3.8, 4) is 0 Å². The van der Waals surface area contributed by atoms with E-state index in [9.17, 15) is 32.3 Å². The number of morpholine rings is 1. The third-order valence-electron chi connectivity index (χ3n) is 6.50. The van der Waals surface area contributed by atoms with Gasteiger partial charge in [-0.3, -0.25) is 24.2 Å². The molecule has 202 valence electrons. The summed E-state index contributed by atoms with van der Waals surface area (Å²) in [6, 6.07) is 9.14. The van der Waals surface area contributed by atoms with E-state index >= 15 is 0 Å². The van der Waals surface area contributed by atoms with Gasteiger partial charge in [0.1, 0.15) is 6.61 Å². The maximum Gasteiger partial charge on any atom is 0.416 e. The normalized spacial score (nSPS) is 18.7. The number of esters is 1. The van der Waals surface area contributed by atoms with Gasteiger partial charge < -0.3 is 14.4 Å². The van der Waals surface area contributed by atoms with Crippen LogP contribution in [-0.2, 0) is 36.6 Å². The average Bonchev–Trinajstić information content (AvgIpc) is 2.87. The summed E-state index contributed by atoms with van der Waals surface area (Å²) in [5, 5.41) is 0. The number of rotatable bonds is 6. The first kappa shape index (κ1) is 27.1. The highest BCUT2D eigenvalue weighted by Crippen LogP contribution is 2.34. The van der Waals surface area contributed by atoms with Gasteiger partial charge >= 0.3 is 18.2 Å². The summed E-state index contributed by atoms with van der Waals surface area (Å²) in [7, 11) is 0. The number of carbonyl (C=O) groups is 4. The molecule has 4 rings (SSSR count). The molecule has 0 aromatic heterocycles. The molecule has 0 saturated carbocycles. The zero-order chi connectivity index (χ0) is 27.6. The lowest BCUT2D eigenvalue weighted by molar-refractivity contribution is -0.154. The number of hydrogen-bond acceptors (Lipinski definition) is 6. The van der Waals surface area contributed by atoms with E-state index in [0.717, 1.165) is 11.0 Å². The van der Waals surface area contributed by atoms with Gasteiger partial charge in [-0.05, 0) is 55.3 Å². The Balaban J connectivity index is 1.66. The van der Waals surface area contributed by atoms with Crippen molar-refractivity contribution in [2.24, 2.45) is 5.92 Å². The number of halogens is 3. The molecule has 0 aliphatic carbocycles. The zero-order valence-electron chi connectivity index (χ0n) is 20.8. The van der Waals surface area contributed by atoms with Crippen LogP contribution in [0, 0.1) is 12.8 Å². The molecular weight excluding hydrogens is 507 g/mol. The molecule has 2 fully saturated rings. The fraction of sp³-hybridized carbons (Fsp3) is 0.385. The van der Waals surface area contributed by atoms with Crippen LogP contribution in [0.4, 0.5) is 29.3 Å². The van der Waals surface area contributed by atoms with E-state index in [0.29, 0.717) is 24.5 Å². The van der Waals surface area contributed by atoms with E-state index in [4.69, 9.17) is 9.47 Å². The average molecular weight is 534 g/mol. The largest absolute Gasteiger partial charge is 0.465 e. The van der Waals surface area contributed by atoms with Crippen LogP contribution in [0.1, 0.15) is 23.6 Å². The molecule has 9 nitrogen and oxygen atoms in total. The highest BCUT2D eigenvalue weighted by Gasteiger charge is 2.44. The van der Waals surface area contributed by atoms with Gasteiger partial charge in [0.2, 0.25) is 5.91 Å². The number of amides is 4. The van der Waals surface area contributed by atoms with Gasteiger partial charge in [-0.1, -0.05) is 12.1 Å². The summed E-state index contributed by atoms with van der Waals surface area (Å²) in [4.78, 5) is 55.0. The lowest BCUT2D eigenvalue weighted by atomic mass is 9.99. The molecule has 2 aliphatic heterocycles. The van der Waals surface area contributed by atoms with E-state index in [1.165, 1.54) is 24.0 Å². The molecule has 0 bridgehead atoms. The van der Waals surface area contributed by atoms with Gasteiger partial charge in [0.05, 0.1) is 31.9 Å². The smallest absolute Gasteiger partial charge is 0.416 e. The van der Waals surface area contributed by atoms with Crippen molar-refractivity contribution in [3.05, 3.63) is 59.2 Å². The maximum absolute atomic E-state index is 13.5. The molecule has 1 unspecified atom stereocenters. The minimum atomic E-state index is -4.61. The fourth-order valence-corrected chi connectivity index (χ4v) is 4.48. The lowest BCUT2D eigenvalue weighted by Gasteiger charge is -2.38. The minimum Gasteiger partial charge on any atom is -0.465 e. The maximum atomic E-state index is 13.5. The molecule has 2 heterocycles. The second-order valence-electron chi connectivity index (χ2n) is 8.82. The van der Waals surface area contributed by atoms with Crippen molar-refractivity contribution in [2.75, 3.05) is 42.7 Å². The van der Waals surface area contributed by atoms with Gasteiger partial charge in [0.25, 0.3) is 5.91 Å². The summed E-state index contributed by atoms with van der Waals surface area (Å²) < 4.78 is 50.5. The number of ether oxygens (including phenoxy) is 2. The molecule has 2 aliphatic rings. The Kier molecular flexibility index (Phi) is 7.72. The number of imide groups is 1. The monoisotopic (exact) mass is 533 g/mol. The van der Waals surface area contributed by atoms with Crippen molar-refractivity contribution >= 4 is 35.2 Å². The Labute approximate surface area is 216 Å². The highest BCUT2D eigenvalue weighted by molar-refractivity contribution is 6.12. The van der Waals surface area contributed by atoms with Crippen LogP contribution in [0.15, 0.2) is 42.5 Å². The molecule has 4 amide bonds. The third kappa shape index (κ3) is 5.35. The SMILES string of the molecule is CCOC(=O)C1CN(c2ccc(N3CCOCC3=O)cc2)C(=O)N(Cc2cccc(C(F)(F)F)c2C)C1=O. The van der Waals surface area contributed by atoms with Crippen LogP contribution in [-0.4, -0.2) is 61.6 Å². The first-order valence-corrected chi connectivity index (χ1v) is 12.0. The van der Waals surface area contributed by atoms with Gasteiger partial charge in [0.15, 0.2) is 5.92 Å². The Bertz CT molecular complexity index is 1250. The van der Waals surface area contributed by atoms with E-state index in [-0.39, 0.29) is 36.8 Å². The second kappa shape index (κ2) is 10.8. The Morgan fingerprint density at radius 2 is 1.71 bits per heavy atom. The molecule has 38 heavy (non-hydrogen) atoms. The molecule has 2 aromatic rings. The number of anilines is 2. The molecular formula is C26H26F3N3O6. The third-order valence-corrected chi connectivity index (χ3v) is 6.50. The topological polar surface area (TPSA) is 96.5 Å². The number of nitrogens with zero attached hydrogens (tertiary/aromatic N) is 3. The molecule has 0 N–H and O–H groups in total. The first-order chi connectivity index (χ1) is 18.0. The molecule has 1 atom stereocenters. The van der Waals surface area contributed by atoms with Crippen molar-refractivity contribution in [2.45, 2.75) is 26.6 Å². The van der Waals surface area contributed by atoms with Crippen molar-refractivity contribution in [3.63, 3.8) is 0 Å². The number of carbonyl (C=O) groups excluding carboxylic acids is 4. The predicted molar refractivity (Wildman–Crippen MR) is 129 cm³/mol. The summed E-state index contributed by atoms with van der Waals surface area (Å²) >= 11 is 0. The van der Waals surface area contributed by atoms with Crippen LogP contribution in [0.3, 0.4) is 0 Å². The minimum absolute atomic E-state index is 0.00553. The Hall–Kier alpha value is -3.93. The van der Waals surface area contributed by atoms with E-state index in [2.05, 4.69) is 0 Å². The van der Waals surface area contributed by atoms with Crippen LogP contribution in [0.5, 0.6) is 0 Å². The molecule has 2 saturated heterocycles. The standard InChI is InChI=1S/C26H26F3N3O6/c1-3-38-24(35)20-14-31(19-9-7-18(8-10-19)30-11-12-37-15-22(30)33)25(36)32(23(20)34)13-17-5-4-6-21(16(17)2)26(27,28)29/h4-10,20H,3,11-15H2,1-2H3. The number of alkyl halides is 3. The van der Waals surface area contributed by atoms with Crippen LogP contribution < -0.4 is 9.80 Å². The number of urea groups is 1. The van der Waals surface area contributed by atoms with E-state index in [1.807, 2.05) is 0 Å². The van der Waals surface area contributed by atoms with E-state index in [1.54, 1.807) is 36.1 Å². The van der Waals surface area contributed by atoms with E-state index < -0.39 is 42.1 Å². The first-order valence-electron chi connectivity index (χ1n) is 12.0. The second-order valence-corrected chi connectivity index (χ2v) is 8.82.